The van der Waals surface area contributed by atoms with Gasteiger partial charge in [0.05, 0.1) is 18.2 Å². The summed E-state index contributed by atoms with van der Waals surface area (Å²) in [5.41, 5.74) is 2.85. The highest BCUT2D eigenvalue weighted by Gasteiger charge is 2.15. The van der Waals surface area contributed by atoms with Gasteiger partial charge >= 0.3 is 0 Å². The van der Waals surface area contributed by atoms with E-state index in [0.29, 0.717) is 12.2 Å². The van der Waals surface area contributed by atoms with Gasteiger partial charge in [-0.3, -0.25) is 0 Å². The average molecular weight is 311 g/mol. The van der Waals surface area contributed by atoms with Crippen LogP contribution < -0.4 is 4.74 Å². The lowest BCUT2D eigenvalue weighted by molar-refractivity contribution is 0.314. The molecule has 0 unspecified atom stereocenters. The predicted octanol–water partition coefficient (Wildman–Crippen LogP) is 4.19. The van der Waals surface area contributed by atoms with Crippen molar-refractivity contribution in [2.75, 3.05) is 6.61 Å². The monoisotopic (exact) mass is 311 g/mol. The Morgan fingerprint density at radius 1 is 1.00 bits per heavy atom. The fraction of sp³-hybridized carbons (Fsp3) is 0.278. The standard InChI is InChI=1S/C18H21NO2Si/c1-22(2,20)13-3-12-21-18-10-8-17(9-11-18)16-6-4-15(14-19)5-7-16/h4-11,20H,3,12-13H2,1-2H3. The van der Waals surface area contributed by atoms with Crippen LogP contribution in [0.2, 0.25) is 19.1 Å². The van der Waals surface area contributed by atoms with Crippen LogP contribution in [0.1, 0.15) is 12.0 Å². The molecule has 0 saturated heterocycles. The molecule has 0 aromatic heterocycles. The maximum Gasteiger partial charge on any atom is 0.182 e. The number of hydrogen-bond acceptors (Lipinski definition) is 3. The molecule has 0 amide bonds. The molecule has 2 aromatic rings. The van der Waals surface area contributed by atoms with E-state index in [2.05, 4.69) is 6.07 Å². The van der Waals surface area contributed by atoms with Gasteiger partial charge in [0.2, 0.25) is 0 Å². The van der Waals surface area contributed by atoms with Crippen molar-refractivity contribution in [1.29, 1.82) is 5.26 Å². The second-order valence-electron chi connectivity index (χ2n) is 5.98. The molecule has 0 aliphatic heterocycles. The molecule has 0 heterocycles. The molecule has 0 aliphatic carbocycles. The first-order valence-electron chi connectivity index (χ1n) is 7.44. The maximum atomic E-state index is 9.78. The normalized spacial score (nSPS) is 11.0. The van der Waals surface area contributed by atoms with Crippen molar-refractivity contribution in [1.82, 2.24) is 0 Å². The Morgan fingerprint density at radius 2 is 1.55 bits per heavy atom. The van der Waals surface area contributed by atoms with Crippen molar-refractivity contribution < 1.29 is 9.53 Å². The van der Waals surface area contributed by atoms with Gasteiger partial charge in [0.25, 0.3) is 0 Å². The molecule has 3 nitrogen and oxygen atoms in total. The Morgan fingerprint density at radius 3 is 2.05 bits per heavy atom. The van der Waals surface area contributed by atoms with Crippen molar-refractivity contribution >= 4 is 8.32 Å². The van der Waals surface area contributed by atoms with E-state index < -0.39 is 8.32 Å². The summed E-state index contributed by atoms with van der Waals surface area (Å²) in [7, 11) is -1.96. The average Bonchev–Trinajstić information content (AvgIpc) is 2.51. The number of ether oxygens (including phenoxy) is 1. The molecule has 0 bridgehead atoms. The van der Waals surface area contributed by atoms with Crippen molar-refractivity contribution in [3.8, 4) is 22.9 Å². The third kappa shape index (κ3) is 5.03. The van der Waals surface area contributed by atoms with Crippen molar-refractivity contribution in [3.05, 3.63) is 54.1 Å². The molecule has 22 heavy (non-hydrogen) atoms. The van der Waals surface area contributed by atoms with E-state index in [1.54, 1.807) is 0 Å². The zero-order valence-electron chi connectivity index (χ0n) is 13.0. The van der Waals surface area contributed by atoms with Crippen LogP contribution in [0.4, 0.5) is 0 Å². The first-order chi connectivity index (χ1) is 10.5. The first kappa shape index (κ1) is 16.3. The summed E-state index contributed by atoms with van der Waals surface area (Å²) in [6.45, 7) is 4.52. The highest BCUT2D eigenvalue weighted by molar-refractivity contribution is 6.69. The number of nitrogens with zero attached hydrogens (tertiary/aromatic N) is 1. The van der Waals surface area contributed by atoms with Crippen molar-refractivity contribution in [2.45, 2.75) is 25.6 Å². The van der Waals surface area contributed by atoms with Gasteiger partial charge in [0.15, 0.2) is 8.32 Å². The summed E-state index contributed by atoms with van der Waals surface area (Å²) in [5.74, 6) is 0.842. The fourth-order valence-corrected chi connectivity index (χ4v) is 3.19. The Balaban J connectivity index is 1.91. The summed E-state index contributed by atoms with van der Waals surface area (Å²) in [4.78, 5) is 9.78. The van der Waals surface area contributed by atoms with Crippen LogP contribution in [0.5, 0.6) is 5.75 Å². The van der Waals surface area contributed by atoms with Gasteiger partial charge in [-0.05, 0) is 61.0 Å². The third-order valence-electron chi connectivity index (χ3n) is 3.40. The summed E-state index contributed by atoms with van der Waals surface area (Å²) in [6, 6.07) is 18.4. The lowest BCUT2D eigenvalue weighted by Crippen LogP contribution is -2.24. The molecule has 0 aliphatic rings. The minimum atomic E-state index is -1.96. The smallest absolute Gasteiger partial charge is 0.182 e. The quantitative estimate of drug-likeness (QED) is 0.643. The molecule has 4 heteroatoms. The highest BCUT2D eigenvalue weighted by atomic mass is 28.4. The molecule has 114 valence electrons. The van der Waals surface area contributed by atoms with Crippen LogP contribution in [0, 0.1) is 11.3 Å². The van der Waals surface area contributed by atoms with Crippen LogP contribution in [-0.2, 0) is 0 Å². The van der Waals surface area contributed by atoms with E-state index >= 15 is 0 Å². The van der Waals surface area contributed by atoms with E-state index in [1.807, 2.05) is 61.6 Å². The van der Waals surface area contributed by atoms with Gasteiger partial charge in [-0.25, -0.2) is 0 Å². The molecule has 2 rings (SSSR count). The molecule has 0 radical (unpaired) electrons. The molecule has 0 saturated carbocycles. The lowest BCUT2D eigenvalue weighted by Gasteiger charge is -2.13. The van der Waals surface area contributed by atoms with Gasteiger partial charge in [-0.2, -0.15) is 5.26 Å². The van der Waals surface area contributed by atoms with E-state index in [0.717, 1.165) is 29.3 Å². The summed E-state index contributed by atoms with van der Waals surface area (Å²) in [6.07, 6.45) is 0.882. The van der Waals surface area contributed by atoms with Crippen molar-refractivity contribution in [2.24, 2.45) is 0 Å². The SMILES string of the molecule is C[Si](C)(O)CCCOc1ccc(-c2ccc(C#N)cc2)cc1. The number of benzene rings is 2. The summed E-state index contributed by atoms with van der Waals surface area (Å²) >= 11 is 0. The van der Waals surface area contributed by atoms with E-state index in [4.69, 9.17) is 10.00 Å². The van der Waals surface area contributed by atoms with E-state index in [9.17, 15) is 4.80 Å². The molecule has 0 fully saturated rings. The highest BCUT2D eigenvalue weighted by Crippen LogP contribution is 2.23. The second-order valence-corrected chi connectivity index (χ2v) is 10.1. The summed E-state index contributed by atoms with van der Waals surface area (Å²) < 4.78 is 5.70. The van der Waals surface area contributed by atoms with Crippen LogP contribution in [0.25, 0.3) is 11.1 Å². The molecule has 0 spiro atoms. The Labute approximate surface area is 132 Å². The van der Waals surface area contributed by atoms with Gasteiger partial charge < -0.3 is 9.53 Å². The first-order valence-corrected chi connectivity index (χ1v) is 10.6. The minimum Gasteiger partial charge on any atom is -0.494 e. The van der Waals surface area contributed by atoms with E-state index in [1.165, 1.54) is 0 Å². The van der Waals surface area contributed by atoms with Crippen LogP contribution in [0.3, 0.4) is 0 Å². The van der Waals surface area contributed by atoms with Crippen molar-refractivity contribution in [3.63, 3.8) is 0 Å². The van der Waals surface area contributed by atoms with Gasteiger partial charge in [0.1, 0.15) is 5.75 Å². The molecule has 2 aromatic carbocycles. The number of nitriles is 1. The van der Waals surface area contributed by atoms with Crippen LogP contribution in [-0.4, -0.2) is 19.7 Å². The Bertz CT molecular complexity index is 637. The molecule has 0 atom stereocenters. The number of rotatable bonds is 6. The zero-order chi connectivity index (χ0) is 16.0. The fourth-order valence-electron chi connectivity index (χ4n) is 2.18. The Hall–Kier alpha value is -2.09. The largest absolute Gasteiger partial charge is 0.494 e. The third-order valence-corrected chi connectivity index (χ3v) is 4.98. The molecular formula is C18H21NO2Si. The van der Waals surface area contributed by atoms with Crippen LogP contribution in [0.15, 0.2) is 48.5 Å². The summed E-state index contributed by atoms with van der Waals surface area (Å²) in [5, 5.41) is 8.81. The topological polar surface area (TPSA) is 53.2 Å². The second kappa shape index (κ2) is 7.26. The molecule has 1 N–H and O–H groups in total. The van der Waals surface area contributed by atoms with Gasteiger partial charge in [-0.15, -0.1) is 0 Å². The zero-order valence-corrected chi connectivity index (χ0v) is 14.0. The predicted molar refractivity (Wildman–Crippen MR) is 91.2 cm³/mol. The Kier molecular flexibility index (Phi) is 5.37. The lowest BCUT2D eigenvalue weighted by atomic mass is 10.0. The molecular weight excluding hydrogens is 290 g/mol. The van der Waals surface area contributed by atoms with E-state index in [-0.39, 0.29) is 0 Å². The maximum absolute atomic E-state index is 9.78. The minimum absolute atomic E-state index is 0.632. The van der Waals surface area contributed by atoms with Gasteiger partial charge in [-0.1, -0.05) is 24.3 Å². The van der Waals surface area contributed by atoms with Gasteiger partial charge in [0, 0.05) is 0 Å². The number of hydrogen-bond donors (Lipinski definition) is 1. The van der Waals surface area contributed by atoms with Crippen LogP contribution >= 0.6 is 0 Å².